The number of hydrogen-bond donors (Lipinski definition) is 1. The number of rotatable bonds is 5. The molecule has 0 unspecified atom stereocenters. The average Bonchev–Trinajstić information content (AvgIpc) is 2.99. The van der Waals surface area contributed by atoms with Crippen molar-refractivity contribution in [2.75, 3.05) is 27.1 Å². The number of ether oxygens (including phenoxy) is 3. The molecule has 0 aliphatic rings. The van der Waals surface area contributed by atoms with Crippen LogP contribution in [0, 0.1) is 0 Å². The van der Waals surface area contributed by atoms with Crippen LogP contribution < -0.4 is 19.9 Å². The lowest BCUT2D eigenvalue weighted by molar-refractivity contribution is 0.323. The maximum Gasteiger partial charge on any atom is 0.223 e. The number of hydrogen-bond acceptors (Lipinski definition) is 7. The summed E-state index contributed by atoms with van der Waals surface area (Å²) in [5.74, 6) is 1.48. The number of anilines is 1. The van der Waals surface area contributed by atoms with Gasteiger partial charge < -0.3 is 19.9 Å². The zero-order valence-corrected chi connectivity index (χ0v) is 16.1. The quantitative estimate of drug-likeness (QED) is 0.624. The Hall–Kier alpha value is -2.26. The first-order chi connectivity index (χ1) is 12.0. The first kappa shape index (κ1) is 17.6. The lowest BCUT2D eigenvalue weighted by Gasteiger charge is -2.16. The van der Waals surface area contributed by atoms with Gasteiger partial charge in [0.1, 0.15) is 4.60 Å². The summed E-state index contributed by atoms with van der Waals surface area (Å²) < 4.78 is 18.3. The van der Waals surface area contributed by atoms with Gasteiger partial charge in [-0.15, -0.1) is 0 Å². The molecule has 132 valence electrons. The van der Waals surface area contributed by atoms with Gasteiger partial charge in [-0.05, 0) is 27.6 Å². The highest BCUT2D eigenvalue weighted by Gasteiger charge is 2.20. The molecule has 3 rings (SSSR count). The Kier molecular flexibility index (Phi) is 4.87. The molecule has 0 spiro atoms. The molecule has 8 nitrogen and oxygen atoms in total. The fourth-order valence-corrected chi connectivity index (χ4v) is 3.24. The summed E-state index contributed by atoms with van der Waals surface area (Å²) in [4.78, 5) is 8.31. The normalized spacial score (nSPS) is 10.9. The smallest absolute Gasteiger partial charge is 0.223 e. The van der Waals surface area contributed by atoms with Crippen molar-refractivity contribution in [3.8, 4) is 17.2 Å². The summed E-state index contributed by atoms with van der Waals surface area (Å²) in [6.07, 6.45) is 1.66. The molecule has 3 aromatic rings. The molecule has 0 bridgehead atoms. The van der Waals surface area contributed by atoms with Gasteiger partial charge in [0.2, 0.25) is 11.7 Å². The highest BCUT2D eigenvalue weighted by atomic mass is 79.9. The van der Waals surface area contributed by atoms with Gasteiger partial charge in [0.15, 0.2) is 17.1 Å². The topological polar surface area (TPSA) is 97.3 Å². The molecular formula is C15H15BrClN5O3. The van der Waals surface area contributed by atoms with E-state index in [1.807, 2.05) is 0 Å². The molecule has 0 amide bonds. The summed E-state index contributed by atoms with van der Waals surface area (Å²) in [5, 5.41) is 5.50. The molecule has 10 heteroatoms. The van der Waals surface area contributed by atoms with Crippen molar-refractivity contribution in [2.45, 2.75) is 6.54 Å². The Bertz CT molecular complexity index is 947. The van der Waals surface area contributed by atoms with Crippen molar-refractivity contribution < 1.29 is 14.2 Å². The number of methoxy groups -OCH3 is 3. The summed E-state index contributed by atoms with van der Waals surface area (Å²) in [6, 6.07) is 1.77. The molecule has 2 aromatic heterocycles. The molecule has 0 saturated heterocycles. The van der Waals surface area contributed by atoms with Crippen molar-refractivity contribution in [1.82, 2.24) is 19.7 Å². The second kappa shape index (κ2) is 6.93. The van der Waals surface area contributed by atoms with E-state index in [9.17, 15) is 0 Å². The second-order valence-corrected chi connectivity index (χ2v) is 6.16. The molecule has 0 saturated carbocycles. The van der Waals surface area contributed by atoms with Gasteiger partial charge in [-0.3, -0.25) is 0 Å². The Balaban J connectivity index is 2.12. The first-order valence-electron chi connectivity index (χ1n) is 7.12. The van der Waals surface area contributed by atoms with E-state index < -0.39 is 0 Å². The zero-order valence-electron chi connectivity index (χ0n) is 13.7. The largest absolute Gasteiger partial charge is 0.493 e. The molecule has 0 aliphatic heterocycles. The number of halogens is 2. The third kappa shape index (κ3) is 3.05. The lowest BCUT2D eigenvalue weighted by atomic mass is 10.1. The Morgan fingerprint density at radius 2 is 1.88 bits per heavy atom. The number of aromatic nitrogens is 4. The van der Waals surface area contributed by atoms with Crippen LogP contribution in [0.3, 0.4) is 0 Å². The molecule has 2 heterocycles. The summed E-state index contributed by atoms with van der Waals surface area (Å²) in [5.41, 5.74) is 7.05. The SMILES string of the molecule is COc1cc(Cn2ncc3c(Br)nc(N)nc32)c(Cl)c(OC)c1OC. The summed E-state index contributed by atoms with van der Waals surface area (Å²) >= 11 is 9.84. The van der Waals surface area contributed by atoms with Gasteiger partial charge in [0.05, 0.1) is 44.5 Å². The standard InChI is InChI=1S/C15H15BrClN5O3/c1-23-9-4-7(10(17)12(25-3)11(9)24-2)6-22-14-8(5-19-22)13(16)20-15(18)21-14/h4-5H,6H2,1-3H3,(H2,18,20,21). The molecule has 0 aliphatic carbocycles. The number of benzene rings is 1. The van der Waals surface area contributed by atoms with Gasteiger partial charge in [-0.2, -0.15) is 10.1 Å². The predicted molar refractivity (Wildman–Crippen MR) is 97.6 cm³/mol. The minimum atomic E-state index is 0.150. The molecule has 0 radical (unpaired) electrons. The Morgan fingerprint density at radius 3 is 2.52 bits per heavy atom. The van der Waals surface area contributed by atoms with Crippen LogP contribution in [0.2, 0.25) is 5.02 Å². The second-order valence-electron chi connectivity index (χ2n) is 5.03. The van der Waals surface area contributed by atoms with Crippen molar-refractivity contribution in [3.05, 3.63) is 27.5 Å². The Morgan fingerprint density at radius 1 is 1.16 bits per heavy atom. The van der Waals surface area contributed by atoms with Gasteiger partial charge in [-0.25, -0.2) is 9.67 Å². The third-order valence-corrected chi connectivity index (χ3v) is 4.65. The minimum Gasteiger partial charge on any atom is -0.493 e. The third-order valence-electron chi connectivity index (χ3n) is 3.63. The maximum absolute atomic E-state index is 6.48. The van der Waals surface area contributed by atoms with Crippen LogP contribution in [0.25, 0.3) is 11.0 Å². The molecule has 0 atom stereocenters. The first-order valence-corrected chi connectivity index (χ1v) is 8.29. The molecular weight excluding hydrogens is 414 g/mol. The van der Waals surface area contributed by atoms with E-state index in [-0.39, 0.29) is 5.95 Å². The molecule has 0 fully saturated rings. The maximum atomic E-state index is 6.48. The molecule has 25 heavy (non-hydrogen) atoms. The van der Waals surface area contributed by atoms with Crippen molar-refractivity contribution in [3.63, 3.8) is 0 Å². The highest BCUT2D eigenvalue weighted by Crippen LogP contribution is 2.44. The van der Waals surface area contributed by atoms with Crippen LogP contribution in [0.15, 0.2) is 16.9 Å². The van der Waals surface area contributed by atoms with Crippen molar-refractivity contribution in [1.29, 1.82) is 0 Å². The van der Waals surface area contributed by atoms with E-state index >= 15 is 0 Å². The Labute approximate surface area is 157 Å². The molecule has 2 N–H and O–H groups in total. The minimum absolute atomic E-state index is 0.150. The van der Waals surface area contributed by atoms with Gasteiger partial charge in [0, 0.05) is 0 Å². The van der Waals surface area contributed by atoms with E-state index in [4.69, 9.17) is 31.5 Å². The molecule has 1 aromatic carbocycles. The fourth-order valence-electron chi connectivity index (χ4n) is 2.50. The number of nitrogens with zero attached hydrogens (tertiary/aromatic N) is 4. The van der Waals surface area contributed by atoms with E-state index in [1.54, 1.807) is 24.1 Å². The van der Waals surface area contributed by atoms with Crippen molar-refractivity contribution >= 4 is 44.5 Å². The monoisotopic (exact) mass is 427 g/mol. The van der Waals surface area contributed by atoms with Crippen LogP contribution in [0.4, 0.5) is 5.95 Å². The zero-order chi connectivity index (χ0) is 18.1. The van der Waals surface area contributed by atoms with Crippen molar-refractivity contribution in [2.24, 2.45) is 0 Å². The summed E-state index contributed by atoms with van der Waals surface area (Å²) in [7, 11) is 4.58. The van der Waals surface area contributed by atoms with Gasteiger partial charge in [-0.1, -0.05) is 11.6 Å². The predicted octanol–water partition coefficient (Wildman–Crippen LogP) is 2.90. The van der Waals surface area contributed by atoms with E-state index in [2.05, 4.69) is 31.0 Å². The summed E-state index contributed by atoms with van der Waals surface area (Å²) in [6.45, 7) is 0.335. The average molecular weight is 429 g/mol. The number of fused-ring (bicyclic) bond motifs is 1. The van der Waals surface area contributed by atoms with Crippen LogP contribution in [0.5, 0.6) is 17.2 Å². The fraction of sp³-hybridized carbons (Fsp3) is 0.267. The number of nitrogens with two attached hydrogens (primary N) is 1. The van der Waals surface area contributed by atoms with Crippen LogP contribution >= 0.6 is 27.5 Å². The van der Waals surface area contributed by atoms with Gasteiger partial charge >= 0.3 is 0 Å². The van der Waals surface area contributed by atoms with E-state index in [1.165, 1.54) is 14.2 Å². The van der Waals surface area contributed by atoms with Crippen LogP contribution in [-0.2, 0) is 6.54 Å². The lowest BCUT2D eigenvalue weighted by Crippen LogP contribution is -2.06. The van der Waals surface area contributed by atoms with E-state index in [0.29, 0.717) is 39.1 Å². The van der Waals surface area contributed by atoms with Gasteiger partial charge in [0.25, 0.3) is 0 Å². The highest BCUT2D eigenvalue weighted by molar-refractivity contribution is 9.10. The number of nitrogen functional groups attached to an aromatic ring is 1. The van der Waals surface area contributed by atoms with Crippen LogP contribution in [0.1, 0.15) is 5.56 Å². The van der Waals surface area contributed by atoms with E-state index in [0.717, 1.165) is 10.9 Å². The van der Waals surface area contributed by atoms with Crippen LogP contribution in [-0.4, -0.2) is 41.1 Å².